The third-order valence-electron chi connectivity index (χ3n) is 3.07. The Bertz CT molecular complexity index is 401. The number of nitrogens with zero attached hydrogens (tertiary/aromatic N) is 2. The number of carbonyl (C=O) groups is 1. The van der Waals surface area contributed by atoms with Crippen molar-refractivity contribution in [1.29, 1.82) is 0 Å². The molecule has 7 nitrogen and oxygen atoms in total. The lowest BCUT2D eigenvalue weighted by Crippen LogP contribution is -2.49. The Morgan fingerprint density at radius 1 is 1.47 bits per heavy atom. The molecular formula is C12H22N4O3. The molecule has 19 heavy (non-hydrogen) atoms. The summed E-state index contributed by atoms with van der Waals surface area (Å²) in [6.45, 7) is 6.25. The van der Waals surface area contributed by atoms with Crippen LogP contribution in [0.15, 0.2) is 4.52 Å². The molecule has 0 atom stereocenters. The summed E-state index contributed by atoms with van der Waals surface area (Å²) in [5, 5.41) is 6.38. The summed E-state index contributed by atoms with van der Waals surface area (Å²) in [4.78, 5) is 15.5. The van der Waals surface area contributed by atoms with Gasteiger partial charge in [0.1, 0.15) is 13.2 Å². The molecule has 108 valence electrons. The number of ether oxygens (including phenoxy) is 1. The standard InChI is InChI=1S/C12H22N4O3/c1-4-12(13,5-2)8-14-10(17)6-18-7-11-15-9(3)16-19-11/h4-8,13H2,1-3H3,(H,14,17). The zero-order chi connectivity index (χ0) is 14.3. The van der Waals surface area contributed by atoms with E-state index >= 15 is 0 Å². The minimum absolute atomic E-state index is 0.0507. The summed E-state index contributed by atoms with van der Waals surface area (Å²) in [6.07, 6.45) is 1.62. The van der Waals surface area contributed by atoms with Gasteiger partial charge in [-0.15, -0.1) is 0 Å². The Morgan fingerprint density at radius 3 is 2.68 bits per heavy atom. The fourth-order valence-corrected chi connectivity index (χ4v) is 1.46. The molecule has 0 bridgehead atoms. The zero-order valence-electron chi connectivity index (χ0n) is 11.7. The third-order valence-corrected chi connectivity index (χ3v) is 3.07. The molecule has 0 aromatic carbocycles. The molecule has 0 spiro atoms. The number of hydrogen-bond acceptors (Lipinski definition) is 6. The van der Waals surface area contributed by atoms with Gasteiger partial charge in [0.2, 0.25) is 5.91 Å². The largest absolute Gasteiger partial charge is 0.362 e. The van der Waals surface area contributed by atoms with Crippen LogP contribution in [0.3, 0.4) is 0 Å². The maximum atomic E-state index is 11.6. The van der Waals surface area contributed by atoms with Gasteiger partial charge in [-0.25, -0.2) is 0 Å². The molecule has 0 aliphatic rings. The van der Waals surface area contributed by atoms with Gasteiger partial charge in [-0.1, -0.05) is 19.0 Å². The topological polar surface area (TPSA) is 103 Å². The van der Waals surface area contributed by atoms with Crippen molar-refractivity contribution in [3.63, 3.8) is 0 Å². The van der Waals surface area contributed by atoms with Gasteiger partial charge >= 0.3 is 0 Å². The van der Waals surface area contributed by atoms with Crippen molar-refractivity contribution < 1.29 is 14.1 Å². The van der Waals surface area contributed by atoms with Gasteiger partial charge < -0.3 is 20.3 Å². The molecule has 0 fully saturated rings. The van der Waals surface area contributed by atoms with Crippen molar-refractivity contribution in [1.82, 2.24) is 15.5 Å². The van der Waals surface area contributed by atoms with E-state index in [0.29, 0.717) is 18.3 Å². The van der Waals surface area contributed by atoms with E-state index < -0.39 is 0 Å². The summed E-state index contributed by atoms with van der Waals surface area (Å²) >= 11 is 0. The predicted molar refractivity (Wildman–Crippen MR) is 69.2 cm³/mol. The summed E-state index contributed by atoms with van der Waals surface area (Å²) in [5.41, 5.74) is 5.73. The average Bonchev–Trinajstić information content (AvgIpc) is 2.82. The molecule has 1 aromatic rings. The van der Waals surface area contributed by atoms with Crippen molar-refractivity contribution in [2.24, 2.45) is 5.73 Å². The average molecular weight is 270 g/mol. The Labute approximate surface area is 112 Å². The highest BCUT2D eigenvalue weighted by atomic mass is 16.5. The van der Waals surface area contributed by atoms with Gasteiger partial charge in [-0.05, 0) is 19.8 Å². The van der Waals surface area contributed by atoms with E-state index in [1.165, 1.54) is 0 Å². The van der Waals surface area contributed by atoms with Gasteiger partial charge in [0.05, 0.1) is 0 Å². The number of aromatic nitrogens is 2. The number of aryl methyl sites for hydroxylation is 1. The normalized spacial score (nSPS) is 11.6. The van der Waals surface area contributed by atoms with Gasteiger partial charge in [0.15, 0.2) is 5.82 Å². The number of rotatable bonds is 8. The van der Waals surface area contributed by atoms with Crippen LogP contribution in [0.1, 0.15) is 38.4 Å². The molecule has 1 aromatic heterocycles. The Kier molecular flexibility index (Phi) is 5.91. The highest BCUT2D eigenvalue weighted by Gasteiger charge is 2.20. The first kappa shape index (κ1) is 15.6. The SMILES string of the molecule is CCC(N)(CC)CNC(=O)COCc1nc(C)no1. The monoisotopic (exact) mass is 270 g/mol. The molecule has 0 saturated heterocycles. The second kappa shape index (κ2) is 7.20. The molecule has 0 saturated carbocycles. The highest BCUT2D eigenvalue weighted by molar-refractivity contribution is 5.77. The van der Waals surface area contributed by atoms with Crippen LogP contribution in [0, 0.1) is 6.92 Å². The minimum atomic E-state index is -0.348. The maximum absolute atomic E-state index is 11.6. The van der Waals surface area contributed by atoms with Crippen molar-refractivity contribution in [2.75, 3.05) is 13.2 Å². The Balaban J connectivity index is 2.21. The Hall–Kier alpha value is -1.47. The minimum Gasteiger partial charge on any atom is -0.362 e. The quantitative estimate of drug-likeness (QED) is 0.714. The molecule has 1 rings (SSSR count). The molecule has 0 unspecified atom stereocenters. The second-order valence-corrected chi connectivity index (χ2v) is 4.57. The van der Waals surface area contributed by atoms with Crippen molar-refractivity contribution in [3.8, 4) is 0 Å². The fraction of sp³-hybridized carbons (Fsp3) is 0.750. The van der Waals surface area contributed by atoms with Crippen LogP contribution in [0.4, 0.5) is 0 Å². The first-order valence-electron chi connectivity index (χ1n) is 6.41. The summed E-state index contributed by atoms with van der Waals surface area (Å²) < 4.78 is 10.0. The summed E-state index contributed by atoms with van der Waals surface area (Å²) in [5.74, 6) is 0.704. The van der Waals surface area contributed by atoms with Gasteiger partial charge in [-0.3, -0.25) is 4.79 Å². The zero-order valence-corrected chi connectivity index (χ0v) is 11.7. The number of nitrogens with one attached hydrogen (secondary N) is 1. The van der Waals surface area contributed by atoms with E-state index in [0.717, 1.165) is 12.8 Å². The lowest BCUT2D eigenvalue weighted by molar-refractivity contribution is -0.126. The molecule has 7 heteroatoms. The van der Waals surface area contributed by atoms with Crippen LogP contribution in [0.25, 0.3) is 0 Å². The van der Waals surface area contributed by atoms with Crippen LogP contribution in [-0.4, -0.2) is 34.7 Å². The van der Waals surface area contributed by atoms with Crippen molar-refractivity contribution in [3.05, 3.63) is 11.7 Å². The summed E-state index contributed by atoms with van der Waals surface area (Å²) in [7, 11) is 0. The lowest BCUT2D eigenvalue weighted by Gasteiger charge is -2.26. The smallest absolute Gasteiger partial charge is 0.252 e. The molecule has 1 heterocycles. The van der Waals surface area contributed by atoms with E-state index in [9.17, 15) is 4.79 Å². The number of carbonyl (C=O) groups excluding carboxylic acids is 1. The second-order valence-electron chi connectivity index (χ2n) is 4.57. The molecule has 1 amide bonds. The number of nitrogens with two attached hydrogens (primary N) is 1. The van der Waals surface area contributed by atoms with Crippen LogP contribution < -0.4 is 11.1 Å². The van der Waals surface area contributed by atoms with Crippen molar-refractivity contribution >= 4 is 5.91 Å². The van der Waals surface area contributed by atoms with Crippen molar-refractivity contribution in [2.45, 2.75) is 45.8 Å². The van der Waals surface area contributed by atoms with Crippen LogP contribution >= 0.6 is 0 Å². The Morgan fingerprint density at radius 2 is 2.16 bits per heavy atom. The lowest BCUT2D eigenvalue weighted by atomic mass is 9.94. The first-order valence-corrected chi connectivity index (χ1v) is 6.41. The molecule has 0 aliphatic heterocycles. The van der Waals surface area contributed by atoms with Gasteiger partial charge in [-0.2, -0.15) is 4.98 Å². The van der Waals surface area contributed by atoms with Crippen LogP contribution in [-0.2, 0) is 16.1 Å². The van der Waals surface area contributed by atoms with E-state index in [1.807, 2.05) is 13.8 Å². The number of amides is 1. The molecular weight excluding hydrogens is 248 g/mol. The fourth-order valence-electron chi connectivity index (χ4n) is 1.46. The van der Waals surface area contributed by atoms with E-state index in [1.54, 1.807) is 6.92 Å². The predicted octanol–water partition coefficient (Wildman–Crippen LogP) is 0.528. The van der Waals surface area contributed by atoms with Crippen LogP contribution in [0.5, 0.6) is 0 Å². The maximum Gasteiger partial charge on any atom is 0.252 e. The van der Waals surface area contributed by atoms with E-state index in [2.05, 4.69) is 15.5 Å². The summed E-state index contributed by atoms with van der Waals surface area (Å²) in [6, 6.07) is 0. The highest BCUT2D eigenvalue weighted by Crippen LogP contribution is 2.09. The third kappa shape index (κ3) is 5.35. The van der Waals surface area contributed by atoms with Crippen LogP contribution in [0.2, 0.25) is 0 Å². The molecule has 0 radical (unpaired) electrons. The number of hydrogen-bond donors (Lipinski definition) is 2. The van der Waals surface area contributed by atoms with E-state index in [4.69, 9.17) is 15.0 Å². The molecule has 0 aliphatic carbocycles. The van der Waals surface area contributed by atoms with Gasteiger partial charge in [0, 0.05) is 12.1 Å². The molecule has 3 N–H and O–H groups in total. The van der Waals surface area contributed by atoms with E-state index in [-0.39, 0.29) is 24.7 Å². The van der Waals surface area contributed by atoms with Gasteiger partial charge in [0.25, 0.3) is 5.89 Å². The first-order chi connectivity index (χ1) is 8.99.